The Morgan fingerprint density at radius 3 is 2.56 bits per heavy atom. The lowest BCUT2D eigenvalue weighted by molar-refractivity contribution is -0.124. The number of anilines is 1. The van der Waals surface area contributed by atoms with Crippen molar-refractivity contribution in [1.82, 2.24) is 0 Å². The molecule has 6 heteroatoms. The fraction of sp³-hybridized carbons (Fsp3) is 0.417. The molecule has 18 heavy (non-hydrogen) atoms. The number of nitrogens with two attached hydrogens (primary N) is 1. The van der Waals surface area contributed by atoms with Crippen LogP contribution < -0.4 is 11.1 Å². The van der Waals surface area contributed by atoms with Gasteiger partial charge in [-0.2, -0.15) is 0 Å². The Labute approximate surface area is 111 Å². The average molecular weight is 275 g/mol. The monoisotopic (exact) mass is 274 g/mol. The van der Waals surface area contributed by atoms with Gasteiger partial charge in [-0.05, 0) is 25.0 Å². The third kappa shape index (κ3) is 3.19. The van der Waals surface area contributed by atoms with Crippen molar-refractivity contribution in [2.75, 3.05) is 18.5 Å². The highest BCUT2D eigenvalue weighted by atomic mass is 35.5. The number of ether oxygens (including phenoxy) is 1. The van der Waals surface area contributed by atoms with Crippen LogP contribution >= 0.6 is 12.4 Å². The minimum absolute atomic E-state index is 0. The molecule has 2 rings (SSSR count). The van der Waals surface area contributed by atoms with Crippen LogP contribution in [0.1, 0.15) is 12.8 Å². The van der Waals surface area contributed by atoms with Crippen LogP contribution in [-0.4, -0.2) is 24.7 Å². The lowest BCUT2D eigenvalue weighted by atomic mass is 9.90. The molecule has 1 aliphatic heterocycles. The van der Waals surface area contributed by atoms with E-state index in [4.69, 9.17) is 10.5 Å². The van der Waals surface area contributed by atoms with Crippen molar-refractivity contribution in [3.8, 4) is 0 Å². The van der Waals surface area contributed by atoms with E-state index in [0.29, 0.717) is 26.1 Å². The number of carbonyl (C=O) groups is 1. The zero-order valence-corrected chi connectivity index (χ0v) is 10.6. The van der Waals surface area contributed by atoms with E-state index in [1.807, 2.05) is 0 Å². The first-order valence-corrected chi connectivity index (χ1v) is 5.54. The maximum Gasteiger partial charge on any atom is 0.244 e. The zero-order chi connectivity index (χ0) is 12.3. The first-order chi connectivity index (χ1) is 8.12. The molecule has 3 N–H and O–H groups in total. The fourth-order valence-corrected chi connectivity index (χ4v) is 1.77. The van der Waals surface area contributed by atoms with E-state index in [2.05, 4.69) is 5.32 Å². The van der Waals surface area contributed by atoms with E-state index in [9.17, 15) is 9.18 Å². The van der Waals surface area contributed by atoms with Gasteiger partial charge in [-0.25, -0.2) is 4.39 Å². The summed E-state index contributed by atoms with van der Waals surface area (Å²) in [5.41, 5.74) is 5.19. The second-order valence-corrected chi connectivity index (χ2v) is 4.20. The van der Waals surface area contributed by atoms with E-state index in [0.717, 1.165) is 0 Å². The van der Waals surface area contributed by atoms with Crippen LogP contribution in [0.4, 0.5) is 10.1 Å². The molecule has 1 heterocycles. The van der Waals surface area contributed by atoms with Gasteiger partial charge in [0.25, 0.3) is 0 Å². The van der Waals surface area contributed by atoms with Gasteiger partial charge in [0.2, 0.25) is 5.91 Å². The first-order valence-electron chi connectivity index (χ1n) is 5.54. The van der Waals surface area contributed by atoms with E-state index < -0.39 is 11.4 Å². The van der Waals surface area contributed by atoms with Crippen molar-refractivity contribution in [3.05, 3.63) is 30.1 Å². The molecule has 0 aliphatic carbocycles. The first kappa shape index (κ1) is 14.9. The van der Waals surface area contributed by atoms with Crippen LogP contribution in [0.2, 0.25) is 0 Å². The number of carbonyl (C=O) groups excluding carboxylic acids is 1. The maximum absolute atomic E-state index is 13.4. The summed E-state index contributed by atoms with van der Waals surface area (Å²) in [6.07, 6.45) is 0.903. The van der Waals surface area contributed by atoms with E-state index in [1.165, 1.54) is 12.1 Å². The number of amides is 1. The lowest BCUT2D eigenvalue weighted by Crippen LogP contribution is -2.54. The summed E-state index contributed by atoms with van der Waals surface area (Å²) in [4.78, 5) is 12.0. The van der Waals surface area contributed by atoms with Gasteiger partial charge in [0.1, 0.15) is 11.4 Å². The molecule has 1 aliphatic rings. The smallest absolute Gasteiger partial charge is 0.244 e. The zero-order valence-electron chi connectivity index (χ0n) is 9.82. The fourth-order valence-electron chi connectivity index (χ4n) is 1.77. The molecular weight excluding hydrogens is 259 g/mol. The average Bonchev–Trinajstić information content (AvgIpc) is 2.33. The number of para-hydroxylation sites is 1. The molecule has 1 aromatic rings. The predicted molar refractivity (Wildman–Crippen MR) is 69.2 cm³/mol. The van der Waals surface area contributed by atoms with Crippen molar-refractivity contribution >= 4 is 24.0 Å². The van der Waals surface area contributed by atoms with Crippen molar-refractivity contribution < 1.29 is 13.9 Å². The summed E-state index contributed by atoms with van der Waals surface area (Å²) in [5, 5.41) is 2.53. The summed E-state index contributed by atoms with van der Waals surface area (Å²) in [5.74, 6) is -0.817. The molecule has 0 aromatic heterocycles. The molecule has 1 saturated heterocycles. The lowest BCUT2D eigenvalue weighted by Gasteiger charge is -2.31. The maximum atomic E-state index is 13.4. The molecule has 0 unspecified atom stereocenters. The molecule has 0 atom stereocenters. The number of nitrogens with one attached hydrogen (secondary N) is 1. The van der Waals surface area contributed by atoms with Gasteiger partial charge in [0, 0.05) is 13.2 Å². The molecular formula is C12H16ClFN2O2. The van der Waals surface area contributed by atoms with Crippen LogP contribution in [0.5, 0.6) is 0 Å². The van der Waals surface area contributed by atoms with E-state index in [-0.39, 0.29) is 24.0 Å². The van der Waals surface area contributed by atoms with Crippen molar-refractivity contribution in [1.29, 1.82) is 0 Å². The molecule has 0 spiro atoms. The normalized spacial score (nSPS) is 17.7. The van der Waals surface area contributed by atoms with Gasteiger partial charge in [0.15, 0.2) is 0 Å². The van der Waals surface area contributed by atoms with Crippen molar-refractivity contribution in [3.63, 3.8) is 0 Å². The van der Waals surface area contributed by atoms with Crippen LogP contribution in [-0.2, 0) is 9.53 Å². The Kier molecular flexibility index (Phi) is 5.07. The van der Waals surface area contributed by atoms with Crippen LogP contribution in [0, 0.1) is 5.82 Å². The number of hydrogen-bond donors (Lipinski definition) is 2. The van der Waals surface area contributed by atoms with Gasteiger partial charge in [-0.3, -0.25) is 4.79 Å². The van der Waals surface area contributed by atoms with Gasteiger partial charge in [-0.15, -0.1) is 12.4 Å². The third-order valence-electron chi connectivity index (χ3n) is 2.96. The van der Waals surface area contributed by atoms with Crippen molar-refractivity contribution in [2.45, 2.75) is 18.4 Å². The molecule has 1 aromatic carbocycles. The molecule has 0 radical (unpaired) electrons. The molecule has 0 bridgehead atoms. The minimum Gasteiger partial charge on any atom is -0.381 e. The SMILES string of the molecule is Cl.NC1(C(=O)Nc2ccccc2F)CCOCC1. The molecule has 4 nitrogen and oxygen atoms in total. The van der Waals surface area contributed by atoms with E-state index >= 15 is 0 Å². The Bertz CT molecular complexity index is 422. The van der Waals surface area contributed by atoms with Crippen LogP contribution in [0.25, 0.3) is 0 Å². The van der Waals surface area contributed by atoms with Gasteiger partial charge in [0.05, 0.1) is 5.69 Å². The molecule has 1 amide bonds. The molecule has 0 saturated carbocycles. The number of halogens is 2. The summed E-state index contributed by atoms with van der Waals surface area (Å²) < 4.78 is 18.5. The molecule has 1 fully saturated rings. The van der Waals surface area contributed by atoms with Gasteiger partial charge < -0.3 is 15.8 Å². The standard InChI is InChI=1S/C12H15FN2O2.ClH/c13-9-3-1-2-4-10(9)15-11(16)12(14)5-7-17-8-6-12;/h1-4H,5-8,14H2,(H,15,16);1H. The third-order valence-corrected chi connectivity index (χ3v) is 2.96. The second kappa shape index (κ2) is 6.13. The quantitative estimate of drug-likeness (QED) is 0.863. The Balaban J connectivity index is 0.00000162. The Morgan fingerprint density at radius 1 is 1.33 bits per heavy atom. The second-order valence-electron chi connectivity index (χ2n) is 4.20. The Morgan fingerprint density at radius 2 is 1.94 bits per heavy atom. The highest BCUT2D eigenvalue weighted by Crippen LogP contribution is 2.21. The topological polar surface area (TPSA) is 64.4 Å². The highest BCUT2D eigenvalue weighted by Gasteiger charge is 2.36. The van der Waals surface area contributed by atoms with Crippen LogP contribution in [0.15, 0.2) is 24.3 Å². The predicted octanol–water partition coefficient (Wildman–Crippen LogP) is 1.69. The summed E-state index contributed by atoms with van der Waals surface area (Å²) in [6.45, 7) is 0.919. The number of benzene rings is 1. The van der Waals surface area contributed by atoms with Gasteiger partial charge in [-0.1, -0.05) is 12.1 Å². The highest BCUT2D eigenvalue weighted by molar-refractivity contribution is 5.98. The largest absolute Gasteiger partial charge is 0.381 e. The summed E-state index contributed by atoms with van der Waals surface area (Å²) >= 11 is 0. The minimum atomic E-state index is -0.958. The van der Waals surface area contributed by atoms with Gasteiger partial charge >= 0.3 is 0 Å². The summed E-state index contributed by atoms with van der Waals surface area (Å²) in [7, 11) is 0. The molecule has 100 valence electrons. The Hall–Kier alpha value is -1.17. The van der Waals surface area contributed by atoms with Crippen molar-refractivity contribution in [2.24, 2.45) is 5.73 Å². The van der Waals surface area contributed by atoms with E-state index in [1.54, 1.807) is 12.1 Å². The number of rotatable bonds is 2. The summed E-state index contributed by atoms with van der Waals surface area (Å²) in [6, 6.07) is 6.03. The van der Waals surface area contributed by atoms with Crippen LogP contribution in [0.3, 0.4) is 0 Å². The number of hydrogen-bond acceptors (Lipinski definition) is 3.